The van der Waals surface area contributed by atoms with Crippen molar-refractivity contribution in [3.8, 4) is 11.5 Å². The maximum atomic E-state index is 13.2. The van der Waals surface area contributed by atoms with E-state index in [1.807, 2.05) is 18.2 Å². The van der Waals surface area contributed by atoms with Crippen molar-refractivity contribution in [3.63, 3.8) is 0 Å². The van der Waals surface area contributed by atoms with E-state index in [-0.39, 0.29) is 11.5 Å². The number of quaternary nitrogens is 1. The molecule has 1 aliphatic heterocycles. The van der Waals surface area contributed by atoms with Crippen LogP contribution in [0.4, 0.5) is 0 Å². The Kier molecular flexibility index (Phi) is 7.19. The van der Waals surface area contributed by atoms with Crippen LogP contribution in [0.5, 0.6) is 11.5 Å². The number of nitrogens with one attached hydrogen (secondary N) is 1. The molecule has 1 N–H and O–H groups in total. The molecular weight excluding hydrogens is 412 g/mol. The number of ether oxygens (including phenoxy) is 1. The summed E-state index contributed by atoms with van der Waals surface area (Å²) in [5.41, 5.74) is 3.21. The third-order valence-corrected chi connectivity index (χ3v) is 6.54. The van der Waals surface area contributed by atoms with E-state index in [1.165, 1.54) is 11.0 Å². The zero-order valence-electron chi connectivity index (χ0n) is 19.9. The number of hydrogen-bond donors (Lipinski definition) is 1. The second-order valence-electron chi connectivity index (χ2n) is 8.88. The second kappa shape index (κ2) is 10.3. The number of allylic oxidation sites excluding steroid dienone is 1. The number of Topliss-reactive ketones (excluding diaryl/α,β-unsaturated/α-hetero) is 1. The van der Waals surface area contributed by atoms with Gasteiger partial charge in [-0.05, 0) is 38.0 Å². The summed E-state index contributed by atoms with van der Waals surface area (Å²) in [4.78, 5) is 14.6. The van der Waals surface area contributed by atoms with Crippen LogP contribution in [0.3, 0.4) is 0 Å². The zero-order valence-corrected chi connectivity index (χ0v) is 19.9. The van der Waals surface area contributed by atoms with Crippen molar-refractivity contribution in [2.45, 2.75) is 59.5 Å². The van der Waals surface area contributed by atoms with E-state index in [4.69, 9.17) is 4.74 Å². The van der Waals surface area contributed by atoms with Crippen LogP contribution in [0.25, 0.3) is 17.0 Å². The molecule has 4 rings (SSSR count). The maximum Gasteiger partial charge on any atom is 0.231 e. The number of hydrogen-bond acceptors (Lipinski definition) is 3. The van der Waals surface area contributed by atoms with Gasteiger partial charge in [-0.25, -0.2) is 0 Å². The summed E-state index contributed by atoms with van der Waals surface area (Å²) in [5.74, 6) is 0.558. The first-order valence-electron chi connectivity index (χ1n) is 12.3. The van der Waals surface area contributed by atoms with E-state index in [9.17, 15) is 9.90 Å². The van der Waals surface area contributed by atoms with Crippen LogP contribution in [0.2, 0.25) is 0 Å². The molecule has 0 bridgehead atoms. The number of unbranched alkanes of at least 4 members (excludes halogenated alkanes) is 2. The summed E-state index contributed by atoms with van der Waals surface area (Å²) in [7, 11) is 0. The van der Waals surface area contributed by atoms with E-state index in [0.29, 0.717) is 29.2 Å². The number of aryl methyl sites for hydroxylation is 1. The molecule has 2 aromatic carbocycles. The molecule has 0 amide bonds. The highest BCUT2D eigenvalue weighted by molar-refractivity contribution is 6.15. The lowest BCUT2D eigenvalue weighted by atomic mass is 10.0. The number of carbonyl (C=O) groups excluding carboxylic acids is 1. The Bertz CT molecular complexity index is 1170. The molecule has 0 spiro atoms. The molecule has 0 saturated carbocycles. The van der Waals surface area contributed by atoms with Crippen molar-refractivity contribution in [1.82, 2.24) is 4.57 Å². The van der Waals surface area contributed by atoms with Gasteiger partial charge in [0.15, 0.2) is 5.76 Å². The van der Waals surface area contributed by atoms with Gasteiger partial charge in [0.1, 0.15) is 12.3 Å². The first kappa shape index (κ1) is 23.1. The van der Waals surface area contributed by atoms with E-state index in [2.05, 4.69) is 43.7 Å². The summed E-state index contributed by atoms with van der Waals surface area (Å²) in [6, 6.07) is 11.3. The molecular formula is C28H34N2O3. The van der Waals surface area contributed by atoms with Gasteiger partial charge in [-0.2, -0.15) is 0 Å². The molecule has 0 aliphatic carbocycles. The molecule has 0 atom stereocenters. The Hall–Kier alpha value is -3.05. The van der Waals surface area contributed by atoms with Gasteiger partial charge >= 0.3 is 0 Å². The van der Waals surface area contributed by atoms with Crippen LogP contribution in [-0.4, -0.2) is 23.4 Å². The molecule has 0 unspecified atom stereocenters. The SMILES string of the molecule is CCCC[NH+](CCCC)Cc1c([O-])ccc2c1O/C(=C\c1cn(CC)c3ccccc13)C2=O. The number of carbonyl (C=O) groups is 1. The largest absolute Gasteiger partial charge is 0.872 e. The van der Waals surface area contributed by atoms with Crippen LogP contribution in [-0.2, 0) is 13.1 Å². The standard InChI is InChI=1S/C28H34N2O3/c1-4-7-15-29(16-8-5-2)19-23-25(31)14-13-22-27(32)26(33-28(22)23)17-20-18-30(6-3)24-12-10-9-11-21(20)24/h9-14,17-18,31H,4-8,15-16,19H2,1-3H3/b26-17-. The molecule has 3 aromatic rings. The van der Waals surface area contributed by atoms with Gasteiger partial charge in [0.05, 0.1) is 18.7 Å². The number of fused-ring (bicyclic) bond motifs is 2. The minimum atomic E-state index is -0.150. The molecule has 5 heteroatoms. The van der Waals surface area contributed by atoms with E-state index in [1.54, 1.807) is 6.07 Å². The smallest absolute Gasteiger partial charge is 0.231 e. The summed E-state index contributed by atoms with van der Waals surface area (Å²) >= 11 is 0. The zero-order chi connectivity index (χ0) is 23.4. The highest BCUT2D eigenvalue weighted by Crippen LogP contribution is 2.38. The normalized spacial score (nSPS) is 14.4. The number of nitrogens with zero attached hydrogens (tertiary/aromatic N) is 1. The van der Waals surface area contributed by atoms with Gasteiger partial charge in [0.2, 0.25) is 5.78 Å². The molecule has 33 heavy (non-hydrogen) atoms. The molecule has 0 fully saturated rings. The van der Waals surface area contributed by atoms with Crippen molar-refractivity contribution in [3.05, 3.63) is 65.0 Å². The van der Waals surface area contributed by atoms with Crippen LogP contribution in [0.1, 0.15) is 67.9 Å². The Morgan fingerprint density at radius 3 is 2.45 bits per heavy atom. The van der Waals surface area contributed by atoms with Crippen LogP contribution in [0.15, 0.2) is 48.4 Å². The van der Waals surface area contributed by atoms with Crippen molar-refractivity contribution >= 4 is 22.8 Å². The van der Waals surface area contributed by atoms with Crippen LogP contribution < -0.4 is 14.7 Å². The fraction of sp³-hybridized carbons (Fsp3) is 0.393. The van der Waals surface area contributed by atoms with Gasteiger partial charge in [0, 0.05) is 34.8 Å². The number of aromatic nitrogens is 1. The number of ketones is 1. The second-order valence-corrected chi connectivity index (χ2v) is 8.88. The number of para-hydroxylation sites is 1. The van der Waals surface area contributed by atoms with E-state index >= 15 is 0 Å². The van der Waals surface area contributed by atoms with Crippen molar-refractivity contribution in [2.75, 3.05) is 13.1 Å². The average Bonchev–Trinajstić information content (AvgIpc) is 3.35. The lowest BCUT2D eigenvalue weighted by Gasteiger charge is -2.23. The summed E-state index contributed by atoms with van der Waals surface area (Å²) in [6.45, 7) is 9.95. The molecule has 1 aliphatic rings. The molecule has 174 valence electrons. The quantitative estimate of drug-likeness (QED) is 0.472. The van der Waals surface area contributed by atoms with Gasteiger partial charge in [-0.3, -0.25) is 4.79 Å². The fourth-order valence-corrected chi connectivity index (χ4v) is 4.65. The Balaban J connectivity index is 1.67. The summed E-state index contributed by atoms with van der Waals surface area (Å²) < 4.78 is 8.29. The Morgan fingerprint density at radius 1 is 1.03 bits per heavy atom. The van der Waals surface area contributed by atoms with Gasteiger partial charge in [-0.15, -0.1) is 0 Å². The van der Waals surface area contributed by atoms with E-state index < -0.39 is 0 Å². The van der Waals surface area contributed by atoms with Crippen LogP contribution >= 0.6 is 0 Å². The minimum absolute atomic E-state index is 0.0455. The molecule has 0 radical (unpaired) electrons. The lowest BCUT2D eigenvalue weighted by Crippen LogP contribution is -3.10. The predicted molar refractivity (Wildman–Crippen MR) is 131 cm³/mol. The van der Waals surface area contributed by atoms with E-state index in [0.717, 1.165) is 61.8 Å². The third-order valence-electron chi connectivity index (χ3n) is 6.54. The summed E-state index contributed by atoms with van der Waals surface area (Å²) in [5, 5.41) is 13.9. The molecule has 0 saturated heterocycles. The third kappa shape index (κ3) is 4.69. The number of rotatable bonds is 10. The highest BCUT2D eigenvalue weighted by Gasteiger charge is 2.31. The monoisotopic (exact) mass is 446 g/mol. The highest BCUT2D eigenvalue weighted by atomic mass is 16.5. The predicted octanol–water partition coefficient (Wildman–Crippen LogP) is 4.34. The molecule has 5 nitrogen and oxygen atoms in total. The first-order chi connectivity index (χ1) is 16.1. The minimum Gasteiger partial charge on any atom is -0.872 e. The topological polar surface area (TPSA) is 58.7 Å². The van der Waals surface area contributed by atoms with Crippen LogP contribution in [0, 0.1) is 0 Å². The molecule has 1 aromatic heterocycles. The Labute approximate surface area is 196 Å². The van der Waals surface area contributed by atoms with Gasteiger partial charge < -0.3 is 19.3 Å². The summed E-state index contributed by atoms with van der Waals surface area (Å²) in [6.07, 6.45) is 8.37. The van der Waals surface area contributed by atoms with Gasteiger partial charge in [0.25, 0.3) is 0 Å². The van der Waals surface area contributed by atoms with Crippen molar-refractivity contribution in [1.29, 1.82) is 0 Å². The first-order valence-corrected chi connectivity index (χ1v) is 12.3. The average molecular weight is 447 g/mol. The van der Waals surface area contributed by atoms with Crippen molar-refractivity contribution in [2.24, 2.45) is 0 Å². The van der Waals surface area contributed by atoms with Gasteiger partial charge in [-0.1, -0.05) is 56.7 Å². The maximum absolute atomic E-state index is 13.2. The fourth-order valence-electron chi connectivity index (χ4n) is 4.65. The molecule has 2 heterocycles. The van der Waals surface area contributed by atoms with Crippen molar-refractivity contribution < 1.29 is 19.5 Å². The number of benzene rings is 2. The lowest BCUT2D eigenvalue weighted by molar-refractivity contribution is -0.914. The Morgan fingerprint density at radius 2 is 1.76 bits per heavy atom.